The topological polar surface area (TPSA) is 84.5 Å². The van der Waals surface area contributed by atoms with Gasteiger partial charge in [-0.05, 0) is 74.7 Å². The quantitative estimate of drug-likeness (QED) is 0.812. The van der Waals surface area contributed by atoms with Crippen LogP contribution in [0.4, 0.5) is 5.69 Å². The second-order valence-electron chi connectivity index (χ2n) is 6.26. The lowest BCUT2D eigenvalue weighted by Crippen LogP contribution is -2.41. The molecule has 0 heterocycles. The van der Waals surface area contributed by atoms with Crippen molar-refractivity contribution in [2.45, 2.75) is 38.6 Å². The van der Waals surface area contributed by atoms with E-state index in [1.807, 2.05) is 26.0 Å². The van der Waals surface area contributed by atoms with E-state index in [9.17, 15) is 13.2 Å². The zero-order valence-electron chi connectivity index (χ0n) is 15.6. The van der Waals surface area contributed by atoms with Gasteiger partial charge in [0.05, 0.1) is 18.0 Å². The molecule has 0 aliphatic rings. The van der Waals surface area contributed by atoms with Gasteiger partial charge < -0.3 is 10.1 Å². The lowest BCUT2D eigenvalue weighted by atomic mass is 10.1. The molecule has 0 saturated carbocycles. The number of amides is 1. The summed E-state index contributed by atoms with van der Waals surface area (Å²) < 4.78 is 32.6. The number of sulfonamides is 1. The third-order valence-electron chi connectivity index (χ3n) is 4.18. The van der Waals surface area contributed by atoms with Gasteiger partial charge in [-0.3, -0.25) is 4.79 Å². The van der Waals surface area contributed by atoms with Crippen molar-refractivity contribution >= 4 is 21.6 Å². The van der Waals surface area contributed by atoms with E-state index in [0.717, 1.165) is 11.1 Å². The number of carbonyl (C=O) groups excluding carboxylic acids is 1. The third kappa shape index (κ3) is 4.62. The first kappa shape index (κ1) is 19.9. The van der Waals surface area contributed by atoms with E-state index < -0.39 is 22.0 Å². The van der Waals surface area contributed by atoms with E-state index in [-0.39, 0.29) is 4.90 Å². The van der Waals surface area contributed by atoms with Crippen LogP contribution < -0.4 is 14.8 Å². The molecule has 2 aromatic carbocycles. The molecule has 0 aliphatic heterocycles. The average Bonchev–Trinajstić information content (AvgIpc) is 2.57. The number of methoxy groups -OCH3 is 1. The molecule has 140 valence electrons. The third-order valence-corrected chi connectivity index (χ3v) is 5.71. The van der Waals surface area contributed by atoms with Crippen LogP contribution in [-0.4, -0.2) is 27.5 Å². The summed E-state index contributed by atoms with van der Waals surface area (Å²) in [5, 5.41) is 2.73. The Kier molecular flexibility index (Phi) is 6.05. The van der Waals surface area contributed by atoms with E-state index in [0.29, 0.717) is 17.0 Å². The Bertz CT molecular complexity index is 923. The van der Waals surface area contributed by atoms with Gasteiger partial charge in [-0.2, -0.15) is 4.72 Å². The lowest BCUT2D eigenvalue weighted by molar-refractivity contribution is -0.117. The molecule has 0 saturated heterocycles. The van der Waals surface area contributed by atoms with Crippen LogP contribution >= 0.6 is 0 Å². The normalized spacial score (nSPS) is 12.5. The smallest absolute Gasteiger partial charge is 0.242 e. The van der Waals surface area contributed by atoms with Crippen LogP contribution in [0.15, 0.2) is 41.3 Å². The highest BCUT2D eigenvalue weighted by atomic mass is 32.2. The molecule has 2 aromatic rings. The monoisotopic (exact) mass is 376 g/mol. The van der Waals surface area contributed by atoms with Gasteiger partial charge in [0.2, 0.25) is 15.9 Å². The van der Waals surface area contributed by atoms with Crippen molar-refractivity contribution in [3.05, 3.63) is 53.1 Å². The van der Waals surface area contributed by atoms with Crippen LogP contribution in [0.1, 0.15) is 23.6 Å². The number of aryl methyl sites for hydroxylation is 3. The fourth-order valence-electron chi connectivity index (χ4n) is 2.44. The summed E-state index contributed by atoms with van der Waals surface area (Å²) in [6, 6.07) is 9.15. The average molecular weight is 376 g/mol. The minimum Gasteiger partial charge on any atom is -0.496 e. The number of anilines is 1. The lowest BCUT2D eigenvalue weighted by Gasteiger charge is -2.16. The van der Waals surface area contributed by atoms with E-state index in [1.54, 1.807) is 19.1 Å². The van der Waals surface area contributed by atoms with Gasteiger partial charge >= 0.3 is 0 Å². The van der Waals surface area contributed by atoms with Crippen molar-refractivity contribution < 1.29 is 17.9 Å². The molecule has 0 aromatic heterocycles. The Morgan fingerprint density at radius 1 is 1.00 bits per heavy atom. The molecule has 6 nitrogen and oxygen atoms in total. The first-order valence-corrected chi connectivity index (χ1v) is 9.67. The van der Waals surface area contributed by atoms with Gasteiger partial charge in [0.25, 0.3) is 0 Å². The highest BCUT2D eigenvalue weighted by molar-refractivity contribution is 7.89. The fraction of sp³-hybridized carbons (Fsp3) is 0.316. The zero-order valence-corrected chi connectivity index (χ0v) is 16.4. The Morgan fingerprint density at radius 3 is 2.27 bits per heavy atom. The fourth-order valence-corrected chi connectivity index (χ4v) is 3.73. The summed E-state index contributed by atoms with van der Waals surface area (Å²) in [5.74, 6) is 0.173. The molecule has 1 atom stereocenters. The summed E-state index contributed by atoms with van der Waals surface area (Å²) in [4.78, 5) is 12.4. The number of benzene rings is 2. The number of nitrogens with one attached hydrogen (secondary N) is 2. The summed E-state index contributed by atoms with van der Waals surface area (Å²) in [6.45, 7) is 7.19. The van der Waals surface area contributed by atoms with Crippen LogP contribution in [0.2, 0.25) is 0 Å². The van der Waals surface area contributed by atoms with Crippen LogP contribution in [0, 0.1) is 20.8 Å². The van der Waals surface area contributed by atoms with E-state index in [4.69, 9.17) is 4.74 Å². The maximum atomic E-state index is 12.5. The van der Waals surface area contributed by atoms with Crippen LogP contribution in [-0.2, 0) is 14.8 Å². The molecule has 26 heavy (non-hydrogen) atoms. The zero-order chi connectivity index (χ0) is 19.5. The van der Waals surface area contributed by atoms with Crippen LogP contribution in [0.3, 0.4) is 0 Å². The molecular weight excluding hydrogens is 352 g/mol. The number of hydrogen-bond donors (Lipinski definition) is 2. The standard InChI is InChI=1S/C19H24N2O4S/c1-12-6-7-16(10-13(12)2)20-19(22)15(4)21-26(23,24)17-8-9-18(25-5)14(3)11-17/h6-11,15,21H,1-5H3,(H,20,22). The summed E-state index contributed by atoms with van der Waals surface area (Å²) in [7, 11) is -2.30. The molecule has 0 fully saturated rings. The minimum absolute atomic E-state index is 0.0848. The molecule has 1 amide bonds. The first-order valence-electron chi connectivity index (χ1n) is 8.19. The predicted octanol–water partition coefficient (Wildman–Crippen LogP) is 2.93. The van der Waals surface area contributed by atoms with Gasteiger partial charge in [-0.1, -0.05) is 6.07 Å². The SMILES string of the molecule is COc1ccc(S(=O)(=O)NC(C)C(=O)Nc2ccc(C)c(C)c2)cc1C. The van der Waals surface area contributed by atoms with Crippen molar-refractivity contribution in [3.8, 4) is 5.75 Å². The number of carbonyl (C=O) groups is 1. The molecule has 2 rings (SSSR count). The summed E-state index contributed by atoms with van der Waals surface area (Å²) in [5.41, 5.74) is 3.49. The number of rotatable bonds is 6. The highest BCUT2D eigenvalue weighted by Gasteiger charge is 2.22. The molecule has 7 heteroatoms. The Hall–Kier alpha value is -2.38. The van der Waals surface area contributed by atoms with E-state index in [1.165, 1.54) is 26.2 Å². The van der Waals surface area contributed by atoms with Crippen molar-refractivity contribution in [1.82, 2.24) is 4.72 Å². The second kappa shape index (κ2) is 7.88. The van der Waals surface area contributed by atoms with Crippen molar-refractivity contribution in [2.75, 3.05) is 12.4 Å². The van der Waals surface area contributed by atoms with E-state index in [2.05, 4.69) is 10.0 Å². The van der Waals surface area contributed by atoms with Crippen molar-refractivity contribution in [3.63, 3.8) is 0 Å². The molecular formula is C19H24N2O4S. The number of hydrogen-bond acceptors (Lipinski definition) is 4. The molecule has 0 radical (unpaired) electrons. The first-order chi connectivity index (χ1) is 12.1. The van der Waals surface area contributed by atoms with Crippen LogP contribution in [0.5, 0.6) is 5.75 Å². The number of ether oxygens (including phenoxy) is 1. The van der Waals surface area contributed by atoms with Crippen LogP contribution in [0.25, 0.3) is 0 Å². The predicted molar refractivity (Wildman–Crippen MR) is 102 cm³/mol. The summed E-state index contributed by atoms with van der Waals surface area (Å²) >= 11 is 0. The molecule has 1 unspecified atom stereocenters. The minimum atomic E-state index is -3.83. The molecule has 0 bridgehead atoms. The van der Waals surface area contributed by atoms with E-state index >= 15 is 0 Å². The molecule has 2 N–H and O–H groups in total. The Morgan fingerprint density at radius 2 is 1.69 bits per heavy atom. The Balaban J connectivity index is 2.11. The van der Waals surface area contributed by atoms with Crippen molar-refractivity contribution in [2.24, 2.45) is 0 Å². The Labute approximate surface area is 154 Å². The summed E-state index contributed by atoms with van der Waals surface area (Å²) in [6.07, 6.45) is 0. The van der Waals surface area contributed by atoms with Gasteiger partial charge in [-0.25, -0.2) is 8.42 Å². The van der Waals surface area contributed by atoms with Gasteiger partial charge in [0, 0.05) is 5.69 Å². The maximum absolute atomic E-state index is 12.5. The largest absolute Gasteiger partial charge is 0.496 e. The maximum Gasteiger partial charge on any atom is 0.242 e. The van der Waals surface area contributed by atoms with Crippen molar-refractivity contribution in [1.29, 1.82) is 0 Å². The molecule has 0 spiro atoms. The second-order valence-corrected chi connectivity index (χ2v) is 7.98. The van der Waals surface area contributed by atoms with Gasteiger partial charge in [0.15, 0.2) is 0 Å². The van der Waals surface area contributed by atoms with Gasteiger partial charge in [0.1, 0.15) is 5.75 Å². The molecule has 0 aliphatic carbocycles. The van der Waals surface area contributed by atoms with Gasteiger partial charge in [-0.15, -0.1) is 0 Å². The highest BCUT2D eigenvalue weighted by Crippen LogP contribution is 2.21.